The van der Waals surface area contributed by atoms with Gasteiger partial charge in [-0.3, -0.25) is 9.69 Å². The number of aromatic nitrogens is 1. The van der Waals surface area contributed by atoms with Crippen molar-refractivity contribution in [1.82, 2.24) is 9.88 Å². The molecule has 1 N–H and O–H groups in total. The molecule has 1 aromatic carbocycles. The molecule has 20 heavy (non-hydrogen) atoms. The van der Waals surface area contributed by atoms with Gasteiger partial charge in [-0.25, -0.2) is 4.98 Å². The third kappa shape index (κ3) is 2.73. The summed E-state index contributed by atoms with van der Waals surface area (Å²) in [6.45, 7) is 3.66. The maximum atomic E-state index is 10.8. The van der Waals surface area contributed by atoms with Crippen molar-refractivity contribution in [3.05, 3.63) is 40.4 Å². The van der Waals surface area contributed by atoms with E-state index in [1.807, 2.05) is 11.0 Å². The van der Waals surface area contributed by atoms with Crippen LogP contribution in [0.3, 0.4) is 0 Å². The Morgan fingerprint density at radius 1 is 1.50 bits per heavy atom. The molecule has 0 spiro atoms. The van der Waals surface area contributed by atoms with E-state index in [0.29, 0.717) is 6.54 Å². The number of nitrogens with zero attached hydrogens (tertiary/aromatic N) is 2. The molecule has 0 radical (unpaired) electrons. The molecule has 0 aliphatic carbocycles. The van der Waals surface area contributed by atoms with Crippen LogP contribution in [0.25, 0.3) is 10.6 Å². The van der Waals surface area contributed by atoms with E-state index in [2.05, 4.69) is 25.1 Å². The first-order valence-corrected chi connectivity index (χ1v) is 7.43. The molecule has 4 nitrogen and oxygen atoms in total. The Hall–Kier alpha value is -1.72. The fourth-order valence-electron chi connectivity index (χ4n) is 2.48. The Morgan fingerprint density at radius 3 is 3.10 bits per heavy atom. The molecule has 0 amide bonds. The van der Waals surface area contributed by atoms with E-state index in [1.54, 1.807) is 11.3 Å². The van der Waals surface area contributed by atoms with Gasteiger partial charge in [-0.05, 0) is 13.0 Å². The largest absolute Gasteiger partial charge is 0.480 e. The van der Waals surface area contributed by atoms with Gasteiger partial charge in [-0.2, -0.15) is 0 Å². The van der Waals surface area contributed by atoms with Crippen molar-refractivity contribution in [2.45, 2.75) is 19.9 Å². The highest BCUT2D eigenvalue weighted by Crippen LogP contribution is 2.31. The minimum Gasteiger partial charge on any atom is -0.480 e. The molecule has 0 bridgehead atoms. The van der Waals surface area contributed by atoms with Gasteiger partial charge < -0.3 is 5.11 Å². The van der Waals surface area contributed by atoms with Crippen LogP contribution in [0.4, 0.5) is 0 Å². The van der Waals surface area contributed by atoms with Crippen molar-refractivity contribution in [3.8, 4) is 10.6 Å². The fourth-order valence-corrected chi connectivity index (χ4v) is 3.62. The van der Waals surface area contributed by atoms with Crippen LogP contribution < -0.4 is 0 Å². The molecule has 0 saturated heterocycles. The monoisotopic (exact) mass is 288 g/mol. The number of hydrogen-bond donors (Lipinski definition) is 1. The predicted octanol–water partition coefficient (Wildman–Crippen LogP) is 2.56. The van der Waals surface area contributed by atoms with Crippen molar-refractivity contribution < 1.29 is 9.90 Å². The number of fused-ring (bicyclic) bond motifs is 1. The van der Waals surface area contributed by atoms with Gasteiger partial charge in [0.05, 0.1) is 12.2 Å². The molecule has 1 aliphatic rings. The zero-order chi connectivity index (χ0) is 14.1. The second kappa shape index (κ2) is 5.34. The van der Waals surface area contributed by atoms with Crippen molar-refractivity contribution >= 4 is 17.3 Å². The zero-order valence-corrected chi connectivity index (χ0v) is 12.1. The quantitative estimate of drug-likeness (QED) is 0.943. The van der Waals surface area contributed by atoms with Crippen LogP contribution in [0.15, 0.2) is 24.3 Å². The van der Waals surface area contributed by atoms with Crippen molar-refractivity contribution in [2.75, 3.05) is 13.1 Å². The van der Waals surface area contributed by atoms with Gasteiger partial charge in [0.1, 0.15) is 5.01 Å². The molecular weight excluding hydrogens is 272 g/mol. The maximum Gasteiger partial charge on any atom is 0.317 e. The topological polar surface area (TPSA) is 53.4 Å². The lowest BCUT2D eigenvalue weighted by molar-refractivity contribution is -0.138. The van der Waals surface area contributed by atoms with Gasteiger partial charge in [0.25, 0.3) is 0 Å². The molecule has 1 aromatic heterocycles. The smallest absolute Gasteiger partial charge is 0.317 e. The van der Waals surface area contributed by atoms with Crippen LogP contribution in [0.2, 0.25) is 0 Å². The van der Waals surface area contributed by atoms with E-state index in [-0.39, 0.29) is 6.54 Å². The second-order valence-corrected chi connectivity index (χ2v) is 6.20. The number of rotatable bonds is 3. The van der Waals surface area contributed by atoms with Gasteiger partial charge >= 0.3 is 5.97 Å². The highest BCUT2D eigenvalue weighted by atomic mass is 32.1. The maximum absolute atomic E-state index is 10.8. The molecule has 0 unspecified atom stereocenters. The minimum atomic E-state index is -0.767. The van der Waals surface area contributed by atoms with Gasteiger partial charge in [0, 0.05) is 30.0 Å². The lowest BCUT2D eigenvalue weighted by Gasteiger charge is -2.23. The average Bonchev–Trinajstić information content (AvgIpc) is 2.81. The predicted molar refractivity (Wildman–Crippen MR) is 78.9 cm³/mol. The second-order valence-electron chi connectivity index (χ2n) is 5.11. The Kier molecular flexibility index (Phi) is 3.54. The Balaban J connectivity index is 1.85. The summed E-state index contributed by atoms with van der Waals surface area (Å²) in [5.74, 6) is -0.767. The normalized spacial score (nSPS) is 15.1. The van der Waals surface area contributed by atoms with Crippen LogP contribution in [-0.2, 0) is 17.8 Å². The van der Waals surface area contributed by atoms with E-state index in [9.17, 15) is 4.79 Å². The van der Waals surface area contributed by atoms with Crippen LogP contribution in [-0.4, -0.2) is 34.0 Å². The number of thiazole rings is 1. The molecule has 0 fully saturated rings. The Morgan fingerprint density at radius 2 is 2.35 bits per heavy atom. The third-order valence-electron chi connectivity index (χ3n) is 3.43. The van der Waals surface area contributed by atoms with Crippen LogP contribution >= 0.6 is 11.3 Å². The summed E-state index contributed by atoms with van der Waals surface area (Å²) in [4.78, 5) is 18.7. The summed E-state index contributed by atoms with van der Waals surface area (Å²) in [7, 11) is 0. The van der Waals surface area contributed by atoms with E-state index < -0.39 is 5.97 Å². The molecule has 0 saturated carbocycles. The first-order chi connectivity index (χ1) is 9.61. The van der Waals surface area contributed by atoms with Crippen molar-refractivity contribution in [3.63, 3.8) is 0 Å². The SMILES string of the molecule is Cc1cccc(-c2nc3c(s2)CN(CC(=O)O)CC3)c1. The molecule has 5 heteroatoms. The number of carbonyl (C=O) groups is 1. The van der Waals surface area contributed by atoms with Gasteiger partial charge in [0.2, 0.25) is 0 Å². The van der Waals surface area contributed by atoms with Crippen LogP contribution in [0, 0.1) is 6.92 Å². The lowest BCUT2D eigenvalue weighted by Crippen LogP contribution is -2.34. The average molecular weight is 288 g/mol. The lowest BCUT2D eigenvalue weighted by atomic mass is 10.1. The zero-order valence-electron chi connectivity index (χ0n) is 11.3. The summed E-state index contributed by atoms with van der Waals surface area (Å²) in [5.41, 5.74) is 3.51. The first-order valence-electron chi connectivity index (χ1n) is 6.61. The number of aryl methyl sites for hydroxylation is 1. The highest BCUT2D eigenvalue weighted by Gasteiger charge is 2.22. The third-order valence-corrected chi connectivity index (χ3v) is 4.57. The molecule has 0 atom stereocenters. The summed E-state index contributed by atoms with van der Waals surface area (Å²) in [5, 5.41) is 9.91. The minimum absolute atomic E-state index is 0.108. The summed E-state index contributed by atoms with van der Waals surface area (Å²) in [6.07, 6.45) is 0.838. The van der Waals surface area contributed by atoms with Gasteiger partial charge in [-0.1, -0.05) is 23.8 Å². The number of carboxylic acid groups (broad SMARTS) is 1. The van der Waals surface area contributed by atoms with E-state index in [4.69, 9.17) is 10.1 Å². The molecule has 3 rings (SSSR count). The summed E-state index contributed by atoms with van der Waals surface area (Å²) in [6, 6.07) is 8.33. The Labute approximate surface area is 121 Å². The molecule has 2 heterocycles. The van der Waals surface area contributed by atoms with Crippen molar-refractivity contribution in [2.24, 2.45) is 0 Å². The summed E-state index contributed by atoms with van der Waals surface area (Å²) >= 11 is 1.68. The van der Waals surface area contributed by atoms with E-state index >= 15 is 0 Å². The van der Waals surface area contributed by atoms with Gasteiger partial charge in [0.15, 0.2) is 0 Å². The number of aliphatic carboxylic acids is 1. The van der Waals surface area contributed by atoms with E-state index in [1.165, 1.54) is 10.4 Å². The number of carboxylic acids is 1. The van der Waals surface area contributed by atoms with Crippen LogP contribution in [0.5, 0.6) is 0 Å². The highest BCUT2D eigenvalue weighted by molar-refractivity contribution is 7.15. The number of hydrogen-bond acceptors (Lipinski definition) is 4. The summed E-state index contributed by atoms with van der Waals surface area (Å²) < 4.78 is 0. The standard InChI is InChI=1S/C15H16N2O2S/c1-10-3-2-4-11(7-10)15-16-12-5-6-17(9-14(18)19)8-13(12)20-15/h2-4,7H,5-6,8-9H2,1H3,(H,18,19). The van der Waals surface area contributed by atoms with Gasteiger partial charge in [-0.15, -0.1) is 11.3 Å². The molecule has 2 aromatic rings. The fraction of sp³-hybridized carbons (Fsp3) is 0.333. The first kappa shape index (κ1) is 13.3. The van der Waals surface area contributed by atoms with Crippen molar-refractivity contribution in [1.29, 1.82) is 0 Å². The number of benzene rings is 1. The molecule has 104 valence electrons. The van der Waals surface area contributed by atoms with Crippen LogP contribution in [0.1, 0.15) is 16.1 Å². The molecule has 1 aliphatic heterocycles. The molecular formula is C15H16N2O2S. The van der Waals surface area contributed by atoms with E-state index in [0.717, 1.165) is 29.2 Å². The Bertz CT molecular complexity index is 651.